The van der Waals surface area contributed by atoms with E-state index in [9.17, 15) is 33.6 Å². The predicted octanol–water partition coefficient (Wildman–Crippen LogP) is 2.75. The molecule has 0 saturated carbocycles. The van der Waals surface area contributed by atoms with Gasteiger partial charge in [-0.15, -0.1) is 0 Å². The van der Waals surface area contributed by atoms with Crippen molar-refractivity contribution in [3.05, 3.63) is 119 Å². The van der Waals surface area contributed by atoms with Crippen LogP contribution in [0, 0.1) is 0 Å². The van der Waals surface area contributed by atoms with Crippen LogP contribution >= 0.6 is 11.8 Å². The molecule has 13 rings (SSSR count). The second kappa shape index (κ2) is 34.0. The number of ether oxygens (including phenoxy) is 2. The van der Waals surface area contributed by atoms with Crippen LogP contribution in [0.2, 0.25) is 0 Å². The Hall–Kier alpha value is -6.88. The van der Waals surface area contributed by atoms with E-state index in [0.717, 1.165) is 57.9 Å². The fourth-order valence-electron chi connectivity index (χ4n) is 10.7. The number of fused-ring (bicyclic) bond motifs is 1. The van der Waals surface area contributed by atoms with Crippen LogP contribution < -0.4 is 58.1 Å². The van der Waals surface area contributed by atoms with E-state index in [-0.39, 0.29) is 79.6 Å². The second-order valence-electron chi connectivity index (χ2n) is 21.4. The van der Waals surface area contributed by atoms with Gasteiger partial charge in [-0.25, -0.2) is 4.79 Å². The zero-order chi connectivity index (χ0) is 58.8. The smallest absolute Gasteiger partial charge is 0.315 e. The predicted molar refractivity (Wildman–Crippen MR) is 323 cm³/mol. The van der Waals surface area contributed by atoms with Gasteiger partial charge in [-0.3, -0.25) is 28.8 Å². The number of carbonyl (C=O) groups excluding carboxylic acids is 7. The first-order valence-electron chi connectivity index (χ1n) is 29.8. The SMILES string of the molecule is [NH3+]CCC(=O)N1CCCCN(C(=O)CC[NH3+])c2ccc(cc2)Cc2ccc(cc2)N(C(=O)CCC(=O)NCCOCCOCCNC(=O)CCCC2SCC3NC(=O)NC32)CCCCN(C(=O)CC[NH3+])c2ccc(cc2)Cc2ccc1cc2. The molecule has 4 aromatic rings. The Morgan fingerprint density at radius 3 is 1.22 bits per heavy atom. The second-order valence-corrected chi connectivity index (χ2v) is 22.6. The molecule has 3 atom stereocenters. The molecule has 0 radical (unpaired) electrons. The van der Waals surface area contributed by atoms with Gasteiger partial charge in [0.25, 0.3) is 0 Å². The molecule has 83 heavy (non-hydrogen) atoms. The lowest BCUT2D eigenvalue weighted by molar-refractivity contribution is -0.366. The van der Waals surface area contributed by atoms with Crippen molar-refractivity contribution in [2.45, 2.75) is 107 Å². The van der Waals surface area contributed by atoms with Crippen molar-refractivity contribution in [3.63, 3.8) is 0 Å². The lowest BCUT2D eigenvalue weighted by Crippen LogP contribution is -2.52. The maximum Gasteiger partial charge on any atom is 0.315 e. The van der Waals surface area contributed by atoms with Gasteiger partial charge in [0, 0.05) is 92.3 Å². The number of anilines is 4. The third-order valence-electron chi connectivity index (χ3n) is 15.1. The summed E-state index contributed by atoms with van der Waals surface area (Å²) in [6.45, 7) is 5.23. The highest BCUT2D eigenvalue weighted by molar-refractivity contribution is 8.00. The average Bonchev–Trinajstić information content (AvgIpc) is 4.32. The van der Waals surface area contributed by atoms with Crippen LogP contribution in [0.15, 0.2) is 97.1 Å². The average molecular weight is 1160 g/mol. The largest absolute Gasteiger partial charge is 0.377 e. The summed E-state index contributed by atoms with van der Waals surface area (Å²) in [7, 11) is 0. The number of urea groups is 1. The quantitative estimate of drug-likeness (QED) is 0.0447. The third-order valence-corrected chi connectivity index (χ3v) is 16.6. The zero-order valence-corrected chi connectivity index (χ0v) is 49.1. The van der Waals surface area contributed by atoms with Crippen molar-refractivity contribution >= 4 is 76.0 Å². The molecule has 20 nitrogen and oxygen atoms in total. The summed E-state index contributed by atoms with van der Waals surface area (Å²) in [5.41, 5.74) is 19.2. The van der Waals surface area contributed by atoms with E-state index in [1.165, 1.54) is 0 Å². The molecule has 13 N–H and O–H groups in total. The van der Waals surface area contributed by atoms with E-state index in [4.69, 9.17) is 9.47 Å². The molecule has 2 saturated heterocycles. The number of hydrogen-bond acceptors (Lipinski definition) is 10. The van der Waals surface area contributed by atoms with Crippen molar-refractivity contribution in [1.29, 1.82) is 0 Å². The van der Waals surface area contributed by atoms with E-state index in [1.54, 1.807) is 9.80 Å². The molecule has 4 aromatic carbocycles. The van der Waals surface area contributed by atoms with Gasteiger partial charge in [0.05, 0.1) is 77.4 Å². The molecule has 2 fully saturated rings. The van der Waals surface area contributed by atoms with Crippen molar-refractivity contribution < 1.29 is 60.2 Å². The van der Waals surface area contributed by atoms with Crippen molar-refractivity contribution in [3.8, 4) is 0 Å². The molecule has 0 aromatic heterocycles. The summed E-state index contributed by atoms with van der Waals surface area (Å²) in [5.74, 6) is 0.420. The summed E-state index contributed by atoms with van der Waals surface area (Å²) >= 11 is 1.84. The molecule has 8 bridgehead atoms. The van der Waals surface area contributed by atoms with Crippen molar-refractivity contribution in [1.82, 2.24) is 21.3 Å². The van der Waals surface area contributed by atoms with Gasteiger partial charge >= 0.3 is 6.03 Å². The number of carbonyl (C=O) groups is 7. The van der Waals surface area contributed by atoms with Gasteiger partial charge < -0.3 is 67.5 Å². The van der Waals surface area contributed by atoms with Gasteiger partial charge in [-0.05, 0) is 122 Å². The molecule has 9 aliphatic rings. The van der Waals surface area contributed by atoms with Gasteiger partial charge in [-0.2, -0.15) is 11.8 Å². The van der Waals surface area contributed by atoms with Crippen LogP contribution in [0.4, 0.5) is 27.5 Å². The Bertz CT molecular complexity index is 2720. The van der Waals surface area contributed by atoms with Crippen LogP contribution in [0.1, 0.15) is 99.3 Å². The highest BCUT2D eigenvalue weighted by Crippen LogP contribution is 2.33. The summed E-state index contributed by atoms with van der Waals surface area (Å²) in [6, 6.07) is 32.3. The highest BCUT2D eigenvalue weighted by atomic mass is 32.2. The number of benzene rings is 4. The first-order valence-corrected chi connectivity index (χ1v) is 30.8. The minimum atomic E-state index is -0.263. The standard InChI is InChI=1S/C62H85N11O9S/c63-29-26-58(77)71-35-2-1-34-70(57(76)25-24-56(75)67-33-39-82-41-40-81-38-32-66-55(74)7-5-6-54-61-53(44-83-54)68-62(80)69-61)49-16-8-45(9-17-49)42-46-10-20-51(21-11-46)72(59(78)27-30-64)36-3-4-37-73(60(79)28-31-65)52-22-14-48(15-23-52)43-47-12-18-50(71)19-13-47/h8-23,53-54,61H,1-7,24-44,63-65H2,(H,66,74)(H,67,75)(H2,68,69,80)/p+3. The molecule has 8 amide bonds. The Morgan fingerprint density at radius 1 is 0.482 bits per heavy atom. The summed E-state index contributed by atoms with van der Waals surface area (Å²) in [5, 5.41) is 12.0. The van der Waals surface area contributed by atoms with Gasteiger partial charge in [-0.1, -0.05) is 48.5 Å². The summed E-state index contributed by atoms with van der Waals surface area (Å²) < 4.78 is 11.3. The molecule has 9 aliphatic heterocycles. The lowest BCUT2D eigenvalue weighted by Gasteiger charge is -2.26. The molecular weight excluding hydrogens is 1070 g/mol. The van der Waals surface area contributed by atoms with Crippen LogP contribution in [0.3, 0.4) is 0 Å². The number of rotatable bonds is 22. The lowest BCUT2D eigenvalue weighted by atomic mass is 10.0. The highest BCUT2D eigenvalue weighted by Gasteiger charge is 2.42. The monoisotopic (exact) mass is 1160 g/mol. The fraction of sp³-hybridized carbons (Fsp3) is 0.500. The molecule has 3 unspecified atom stereocenters. The number of hydrogen-bond donors (Lipinski definition) is 7. The van der Waals surface area contributed by atoms with E-state index < -0.39 is 0 Å². The summed E-state index contributed by atoms with van der Waals surface area (Å²) in [6.07, 6.45) is 6.89. The topological polar surface area (TPSA) is 282 Å². The van der Waals surface area contributed by atoms with E-state index in [2.05, 4.69) is 38.5 Å². The number of thioether (sulfide) groups is 1. The van der Waals surface area contributed by atoms with Crippen LogP contribution in [0.25, 0.3) is 0 Å². The Balaban J connectivity index is 0.928. The molecule has 448 valence electrons. The van der Waals surface area contributed by atoms with E-state index in [0.29, 0.717) is 147 Å². The number of nitrogens with zero attached hydrogens (tertiary/aromatic N) is 4. The van der Waals surface area contributed by atoms with Crippen molar-refractivity contribution in [2.24, 2.45) is 0 Å². The third kappa shape index (κ3) is 20.2. The Labute approximate surface area is 492 Å². The van der Waals surface area contributed by atoms with Gasteiger partial charge in [0.15, 0.2) is 0 Å². The number of amides is 8. The summed E-state index contributed by atoms with van der Waals surface area (Å²) in [4.78, 5) is 98.8. The normalized spacial score (nSPS) is 17.7. The fourth-order valence-corrected chi connectivity index (χ4v) is 12.2. The maximum atomic E-state index is 14.1. The van der Waals surface area contributed by atoms with E-state index >= 15 is 0 Å². The molecule has 21 heteroatoms. The Morgan fingerprint density at radius 2 is 0.843 bits per heavy atom. The van der Waals surface area contributed by atoms with Crippen molar-refractivity contribution in [2.75, 3.05) is 111 Å². The van der Waals surface area contributed by atoms with Gasteiger partial charge in [0.1, 0.15) is 0 Å². The van der Waals surface area contributed by atoms with Gasteiger partial charge in [0.2, 0.25) is 35.4 Å². The minimum absolute atomic E-state index is 0.00177. The molecule has 9 heterocycles. The van der Waals surface area contributed by atoms with Crippen LogP contribution in [-0.4, -0.2) is 150 Å². The number of nitrogens with one attached hydrogen (secondary N) is 4. The first-order chi connectivity index (χ1) is 40.4. The first kappa shape index (κ1) is 63.7. The van der Waals surface area contributed by atoms with E-state index in [1.807, 2.05) is 119 Å². The molecule has 0 aliphatic carbocycles. The molecular formula is C62H88N11O9S+3. The van der Waals surface area contributed by atoms with Crippen LogP contribution in [-0.2, 0) is 51.1 Å². The number of quaternary nitrogens is 3. The maximum absolute atomic E-state index is 14.1. The minimum Gasteiger partial charge on any atom is -0.377 e. The zero-order valence-electron chi connectivity index (χ0n) is 48.3. The van der Waals surface area contributed by atoms with Crippen LogP contribution in [0.5, 0.6) is 0 Å². The molecule has 0 spiro atoms. The Kier molecular flexibility index (Phi) is 26.1.